The number of rotatable bonds is 3. The first kappa shape index (κ1) is 27.4. The fourth-order valence-corrected chi connectivity index (χ4v) is 3.37. The second-order valence-electron chi connectivity index (χ2n) is 8.44. The average molecular weight is 443 g/mol. The fraction of sp³-hybridized carbons (Fsp3) is 0.429. The van der Waals surface area contributed by atoms with Gasteiger partial charge in [0.05, 0.1) is 11.2 Å². The van der Waals surface area contributed by atoms with E-state index in [1.165, 1.54) is 24.1 Å². The Morgan fingerprint density at radius 1 is 1.06 bits per heavy atom. The van der Waals surface area contributed by atoms with Gasteiger partial charge >= 0.3 is 0 Å². The zero-order chi connectivity index (χ0) is 24.3. The molecule has 0 aliphatic heterocycles. The van der Waals surface area contributed by atoms with Crippen LogP contribution >= 0.6 is 0 Å². The Morgan fingerprint density at radius 2 is 1.59 bits per heavy atom. The molecule has 1 heterocycles. The lowest BCUT2D eigenvalue weighted by atomic mass is 9.78. The van der Waals surface area contributed by atoms with Gasteiger partial charge in [-0.25, -0.2) is 8.78 Å². The van der Waals surface area contributed by atoms with Crippen molar-refractivity contribution < 1.29 is 8.78 Å². The lowest BCUT2D eigenvalue weighted by Crippen LogP contribution is -2.09. The van der Waals surface area contributed by atoms with Crippen LogP contribution in [0.5, 0.6) is 0 Å². The molecule has 176 valence electrons. The maximum Gasteiger partial charge on any atom is 0.147 e. The number of aromatic amines is 1. The van der Waals surface area contributed by atoms with Gasteiger partial charge in [0.25, 0.3) is 0 Å². The third-order valence-corrected chi connectivity index (χ3v) is 4.89. The van der Waals surface area contributed by atoms with Gasteiger partial charge in [0.2, 0.25) is 0 Å². The predicted octanol–water partition coefficient (Wildman–Crippen LogP) is 8.73. The van der Waals surface area contributed by atoms with Crippen molar-refractivity contribution in [2.45, 2.75) is 66.7 Å². The van der Waals surface area contributed by atoms with Crippen molar-refractivity contribution >= 4 is 10.9 Å². The first-order valence-corrected chi connectivity index (χ1v) is 11.6. The third kappa shape index (κ3) is 7.51. The molecule has 0 unspecified atom stereocenters. The number of aromatic nitrogens is 1. The lowest BCUT2D eigenvalue weighted by Gasteiger charge is -2.26. The maximum absolute atomic E-state index is 14.3. The number of hydrogen-bond acceptors (Lipinski definition) is 1. The molecule has 1 fully saturated rings. The SMILES string of the molecule is C=CNC.CC.CC(C)C.Cc1cc(F)c2[nH]c(-c3ccc(F)cc3)c(C3CCC3)c2c1. The molecule has 2 N–H and O–H groups in total. The minimum Gasteiger partial charge on any atom is -0.394 e. The molecule has 2 aromatic carbocycles. The molecule has 4 rings (SSSR count). The highest BCUT2D eigenvalue weighted by atomic mass is 19.1. The monoisotopic (exact) mass is 442 g/mol. The summed E-state index contributed by atoms with van der Waals surface area (Å²) in [5, 5.41) is 3.67. The molecule has 0 bridgehead atoms. The van der Waals surface area contributed by atoms with E-state index in [0.29, 0.717) is 11.4 Å². The zero-order valence-electron chi connectivity index (χ0n) is 20.8. The predicted molar refractivity (Wildman–Crippen MR) is 136 cm³/mol. The third-order valence-electron chi connectivity index (χ3n) is 4.89. The van der Waals surface area contributed by atoms with E-state index in [0.717, 1.165) is 41.0 Å². The van der Waals surface area contributed by atoms with Crippen LogP contribution in [0.3, 0.4) is 0 Å². The van der Waals surface area contributed by atoms with Gasteiger partial charge in [-0.3, -0.25) is 0 Å². The molecule has 1 aromatic heterocycles. The molecule has 0 radical (unpaired) electrons. The summed E-state index contributed by atoms with van der Waals surface area (Å²) < 4.78 is 27.5. The van der Waals surface area contributed by atoms with Gasteiger partial charge in [-0.05, 0) is 90.9 Å². The summed E-state index contributed by atoms with van der Waals surface area (Å²) in [4.78, 5) is 3.25. The van der Waals surface area contributed by atoms with E-state index in [1.54, 1.807) is 24.4 Å². The molecule has 3 aromatic rings. The van der Waals surface area contributed by atoms with Crippen LogP contribution in [0.4, 0.5) is 8.78 Å². The summed E-state index contributed by atoms with van der Waals surface area (Å²) in [5.74, 6) is 0.825. The quantitative estimate of drug-likeness (QED) is 0.417. The van der Waals surface area contributed by atoms with Crippen LogP contribution in [0.15, 0.2) is 49.2 Å². The molecule has 4 heteroatoms. The minimum atomic E-state index is -0.257. The normalized spacial score (nSPS) is 12.4. The molecule has 0 spiro atoms. The van der Waals surface area contributed by atoms with Gasteiger partial charge < -0.3 is 10.3 Å². The Bertz CT molecular complexity index is 949. The smallest absolute Gasteiger partial charge is 0.147 e. The first-order valence-electron chi connectivity index (χ1n) is 11.6. The second-order valence-corrected chi connectivity index (χ2v) is 8.44. The highest BCUT2D eigenvalue weighted by molar-refractivity contribution is 5.92. The molecule has 0 amide bonds. The van der Waals surface area contributed by atoms with Crippen LogP contribution in [0.1, 0.15) is 70.9 Å². The van der Waals surface area contributed by atoms with Crippen LogP contribution in [-0.4, -0.2) is 12.0 Å². The molecule has 1 aliphatic rings. The largest absolute Gasteiger partial charge is 0.394 e. The molecule has 1 aliphatic carbocycles. The number of H-pyrrole nitrogens is 1. The summed E-state index contributed by atoms with van der Waals surface area (Å²) in [6, 6.07) is 10.0. The van der Waals surface area contributed by atoms with E-state index < -0.39 is 0 Å². The summed E-state index contributed by atoms with van der Waals surface area (Å²) in [5.41, 5.74) is 4.53. The van der Waals surface area contributed by atoms with Crippen molar-refractivity contribution in [1.29, 1.82) is 0 Å². The summed E-state index contributed by atoms with van der Waals surface area (Å²) in [7, 11) is 1.81. The van der Waals surface area contributed by atoms with Gasteiger partial charge in [-0.1, -0.05) is 47.6 Å². The van der Waals surface area contributed by atoms with Gasteiger partial charge in [0, 0.05) is 12.4 Å². The highest BCUT2D eigenvalue weighted by Gasteiger charge is 2.27. The number of halogens is 2. The molecule has 0 atom stereocenters. The van der Waals surface area contributed by atoms with E-state index in [2.05, 4.69) is 43.7 Å². The van der Waals surface area contributed by atoms with Crippen LogP contribution in [0.25, 0.3) is 22.2 Å². The van der Waals surface area contributed by atoms with Crippen molar-refractivity contribution in [1.82, 2.24) is 10.3 Å². The molecular weight excluding hydrogens is 402 g/mol. The molecular formula is C28H40F2N2. The van der Waals surface area contributed by atoms with Crippen LogP contribution in [0.2, 0.25) is 0 Å². The highest BCUT2D eigenvalue weighted by Crippen LogP contribution is 2.45. The van der Waals surface area contributed by atoms with Crippen molar-refractivity contribution in [3.63, 3.8) is 0 Å². The first-order chi connectivity index (χ1) is 15.3. The number of benzene rings is 2. The summed E-state index contributed by atoms with van der Waals surface area (Å²) in [6.45, 7) is 15.8. The second kappa shape index (κ2) is 13.7. The maximum atomic E-state index is 14.3. The summed E-state index contributed by atoms with van der Waals surface area (Å²) >= 11 is 0. The Hall–Kier alpha value is -2.62. The topological polar surface area (TPSA) is 27.8 Å². The standard InChI is InChI=1S/C19H17F2N.C4H10.C3H7N.C2H6/c1-11-9-15-17(12-3-2-4-12)18(22-19(15)16(21)10-11)13-5-7-14(20)8-6-13;1-4(2)3;1-3-4-2;1-2/h5-10,12,22H,2-4H2,1H3;4H,1-3H3;3-4H,1H2,2H3;1-2H3. The van der Waals surface area contributed by atoms with Gasteiger partial charge in [-0.2, -0.15) is 0 Å². The molecule has 0 saturated heterocycles. The fourth-order valence-electron chi connectivity index (χ4n) is 3.37. The Kier molecular flexibility index (Phi) is 11.8. The average Bonchev–Trinajstić information content (AvgIpc) is 3.08. The van der Waals surface area contributed by atoms with Crippen molar-refractivity contribution in [3.8, 4) is 11.3 Å². The lowest BCUT2D eigenvalue weighted by molar-refractivity contribution is 0.423. The zero-order valence-corrected chi connectivity index (χ0v) is 20.8. The van der Waals surface area contributed by atoms with E-state index >= 15 is 0 Å². The van der Waals surface area contributed by atoms with Crippen molar-refractivity contribution in [2.75, 3.05) is 7.05 Å². The number of fused-ring (bicyclic) bond motifs is 1. The van der Waals surface area contributed by atoms with E-state index in [1.807, 2.05) is 27.8 Å². The van der Waals surface area contributed by atoms with Crippen molar-refractivity contribution in [3.05, 3.63) is 71.9 Å². The number of nitrogens with one attached hydrogen (secondary N) is 2. The van der Waals surface area contributed by atoms with Crippen LogP contribution in [-0.2, 0) is 0 Å². The number of aryl methyl sites for hydroxylation is 1. The Balaban J connectivity index is 0.000000440. The Labute approximate surface area is 193 Å². The van der Waals surface area contributed by atoms with Crippen LogP contribution < -0.4 is 5.32 Å². The molecule has 1 saturated carbocycles. The molecule has 2 nitrogen and oxygen atoms in total. The Morgan fingerprint density at radius 3 is 2.03 bits per heavy atom. The van der Waals surface area contributed by atoms with E-state index in [-0.39, 0.29) is 11.6 Å². The van der Waals surface area contributed by atoms with E-state index in [4.69, 9.17) is 0 Å². The van der Waals surface area contributed by atoms with Gasteiger partial charge in [-0.15, -0.1) is 0 Å². The minimum absolute atomic E-state index is 0.219. The van der Waals surface area contributed by atoms with E-state index in [9.17, 15) is 8.78 Å². The van der Waals surface area contributed by atoms with Crippen molar-refractivity contribution in [2.24, 2.45) is 5.92 Å². The van der Waals surface area contributed by atoms with Gasteiger partial charge in [0.1, 0.15) is 11.6 Å². The van der Waals surface area contributed by atoms with Crippen LogP contribution in [0, 0.1) is 24.5 Å². The summed E-state index contributed by atoms with van der Waals surface area (Å²) in [6.07, 6.45) is 5.11. The number of hydrogen-bond donors (Lipinski definition) is 2. The molecule has 32 heavy (non-hydrogen) atoms. The van der Waals surface area contributed by atoms with Gasteiger partial charge in [0.15, 0.2) is 0 Å².